The van der Waals surface area contributed by atoms with Gasteiger partial charge in [0.2, 0.25) is 5.91 Å². The van der Waals surface area contributed by atoms with Crippen molar-refractivity contribution in [2.75, 3.05) is 13.2 Å². The minimum Gasteiger partial charge on any atom is -0.377 e. The van der Waals surface area contributed by atoms with Gasteiger partial charge in [-0.05, 0) is 26.7 Å². The van der Waals surface area contributed by atoms with Crippen molar-refractivity contribution in [3.05, 3.63) is 27.9 Å². The lowest BCUT2D eigenvalue weighted by Gasteiger charge is -2.38. The molecule has 0 aromatic carbocycles. The zero-order valence-corrected chi connectivity index (χ0v) is 14.3. The van der Waals surface area contributed by atoms with Crippen molar-refractivity contribution in [3.8, 4) is 0 Å². The number of ether oxygens (including phenoxy) is 1. The zero-order valence-electron chi connectivity index (χ0n) is 14.3. The molecule has 2 unspecified atom stereocenters. The number of carbonyl (C=O) groups excluding carboxylic acids is 1. The molecule has 0 aliphatic carbocycles. The van der Waals surface area contributed by atoms with Gasteiger partial charge in [0.1, 0.15) is 5.82 Å². The van der Waals surface area contributed by atoms with Crippen LogP contribution in [0.5, 0.6) is 0 Å². The summed E-state index contributed by atoms with van der Waals surface area (Å²) in [4.78, 5) is 33.5. The summed E-state index contributed by atoms with van der Waals surface area (Å²) in [5.74, 6) is 0.796. The summed E-state index contributed by atoms with van der Waals surface area (Å²) in [6, 6.07) is 0.165. The van der Waals surface area contributed by atoms with Gasteiger partial charge in [-0.3, -0.25) is 9.59 Å². The maximum absolute atomic E-state index is 12.4. The second kappa shape index (κ2) is 8.24. The van der Waals surface area contributed by atoms with Gasteiger partial charge in [0, 0.05) is 24.6 Å². The van der Waals surface area contributed by atoms with E-state index in [0.717, 1.165) is 25.1 Å². The number of hydrogen-bond acceptors (Lipinski definition) is 4. The fourth-order valence-corrected chi connectivity index (χ4v) is 2.97. The van der Waals surface area contributed by atoms with Crippen LogP contribution >= 0.6 is 0 Å². The molecule has 1 amide bonds. The Labute approximate surface area is 137 Å². The van der Waals surface area contributed by atoms with Crippen LogP contribution in [0, 0.1) is 0 Å². The number of rotatable bonds is 6. The number of nitrogens with zero attached hydrogens (tertiary/aromatic N) is 2. The number of H-pyrrole nitrogens is 1. The Morgan fingerprint density at radius 3 is 2.65 bits per heavy atom. The number of aryl methyl sites for hydroxylation is 2. The summed E-state index contributed by atoms with van der Waals surface area (Å²) in [6.07, 6.45) is 5.22. The first-order chi connectivity index (χ1) is 11.0. The first-order valence-electron chi connectivity index (χ1n) is 8.49. The number of amides is 1. The number of unbranched alkanes of at least 4 members (excludes halogenated alkanes) is 1. The quantitative estimate of drug-likeness (QED) is 0.865. The Balaban J connectivity index is 1.95. The second-order valence-electron chi connectivity index (χ2n) is 6.32. The van der Waals surface area contributed by atoms with E-state index >= 15 is 0 Å². The van der Waals surface area contributed by atoms with E-state index < -0.39 is 0 Å². The maximum atomic E-state index is 12.4. The minimum atomic E-state index is -0.123. The van der Waals surface area contributed by atoms with E-state index in [1.807, 2.05) is 18.7 Å². The lowest BCUT2D eigenvalue weighted by molar-refractivity contribution is -0.144. The van der Waals surface area contributed by atoms with Gasteiger partial charge in [-0.2, -0.15) is 0 Å². The molecule has 0 spiro atoms. The van der Waals surface area contributed by atoms with Crippen molar-refractivity contribution in [3.63, 3.8) is 0 Å². The monoisotopic (exact) mass is 321 g/mol. The molecule has 0 saturated carbocycles. The molecular formula is C17H27N3O3. The highest BCUT2D eigenvalue weighted by Gasteiger charge is 2.29. The molecule has 23 heavy (non-hydrogen) atoms. The van der Waals surface area contributed by atoms with Gasteiger partial charge in [0.25, 0.3) is 5.56 Å². The number of aromatic nitrogens is 2. The van der Waals surface area contributed by atoms with Crippen molar-refractivity contribution < 1.29 is 9.53 Å². The fourth-order valence-electron chi connectivity index (χ4n) is 2.97. The van der Waals surface area contributed by atoms with Crippen LogP contribution in [0.4, 0.5) is 0 Å². The van der Waals surface area contributed by atoms with Gasteiger partial charge >= 0.3 is 0 Å². The van der Waals surface area contributed by atoms with E-state index in [1.165, 1.54) is 0 Å². The van der Waals surface area contributed by atoms with Crippen molar-refractivity contribution in [2.24, 2.45) is 0 Å². The van der Waals surface area contributed by atoms with Crippen LogP contribution in [0.15, 0.2) is 11.0 Å². The van der Waals surface area contributed by atoms with Crippen molar-refractivity contribution in [1.29, 1.82) is 0 Å². The summed E-state index contributed by atoms with van der Waals surface area (Å²) in [6.45, 7) is 7.23. The number of aromatic amines is 1. The van der Waals surface area contributed by atoms with E-state index in [4.69, 9.17) is 4.74 Å². The molecule has 6 nitrogen and oxygen atoms in total. The van der Waals surface area contributed by atoms with Crippen molar-refractivity contribution in [2.45, 2.75) is 65.0 Å². The van der Waals surface area contributed by atoms with Crippen LogP contribution < -0.4 is 5.56 Å². The van der Waals surface area contributed by atoms with Gasteiger partial charge in [0.05, 0.1) is 25.3 Å². The second-order valence-corrected chi connectivity index (χ2v) is 6.32. The SMILES string of the molecule is CCCCc1ncc(CCC(=O)N2C(C)COCC2C)c(=O)[nH]1. The van der Waals surface area contributed by atoms with E-state index in [0.29, 0.717) is 31.6 Å². The molecule has 1 aromatic heterocycles. The Kier molecular flexibility index (Phi) is 6.33. The summed E-state index contributed by atoms with van der Waals surface area (Å²) < 4.78 is 5.44. The van der Waals surface area contributed by atoms with E-state index in [2.05, 4.69) is 16.9 Å². The Morgan fingerprint density at radius 1 is 1.35 bits per heavy atom. The van der Waals surface area contributed by atoms with Gasteiger partial charge in [-0.15, -0.1) is 0 Å². The molecule has 6 heteroatoms. The predicted molar refractivity (Wildman–Crippen MR) is 88.4 cm³/mol. The smallest absolute Gasteiger partial charge is 0.254 e. The fraction of sp³-hybridized carbons (Fsp3) is 0.706. The van der Waals surface area contributed by atoms with Crippen LogP contribution in [0.3, 0.4) is 0 Å². The molecule has 1 aliphatic heterocycles. The number of nitrogens with one attached hydrogen (secondary N) is 1. The standard InChI is InChI=1S/C17H27N3O3/c1-4-5-6-15-18-9-14(17(22)19-15)7-8-16(21)20-12(2)10-23-11-13(20)3/h9,12-13H,4-8,10-11H2,1-3H3,(H,18,19,22). The third-order valence-electron chi connectivity index (χ3n) is 4.26. The molecule has 1 saturated heterocycles. The van der Waals surface area contributed by atoms with E-state index in [1.54, 1.807) is 6.20 Å². The lowest BCUT2D eigenvalue weighted by Crippen LogP contribution is -2.52. The number of hydrogen-bond donors (Lipinski definition) is 1. The molecule has 2 heterocycles. The normalized spacial score (nSPS) is 21.4. The van der Waals surface area contributed by atoms with Crippen LogP contribution in [0.25, 0.3) is 0 Å². The Hall–Kier alpha value is -1.69. The average Bonchev–Trinajstić information content (AvgIpc) is 2.51. The van der Waals surface area contributed by atoms with Crippen LogP contribution in [-0.2, 0) is 22.4 Å². The number of carbonyl (C=O) groups is 1. The Morgan fingerprint density at radius 2 is 2.04 bits per heavy atom. The molecule has 128 valence electrons. The molecule has 0 radical (unpaired) electrons. The summed E-state index contributed by atoms with van der Waals surface area (Å²) in [5.41, 5.74) is 0.453. The maximum Gasteiger partial charge on any atom is 0.254 e. The predicted octanol–water partition coefficient (Wildman–Crippen LogP) is 1.68. The van der Waals surface area contributed by atoms with Crippen LogP contribution in [0.2, 0.25) is 0 Å². The third-order valence-corrected chi connectivity index (χ3v) is 4.26. The molecule has 0 bridgehead atoms. The Bertz CT molecular complexity index is 575. The van der Waals surface area contributed by atoms with Crippen molar-refractivity contribution in [1.82, 2.24) is 14.9 Å². The van der Waals surface area contributed by atoms with Crippen LogP contribution in [-0.4, -0.2) is 46.1 Å². The topological polar surface area (TPSA) is 75.3 Å². The molecule has 1 fully saturated rings. The van der Waals surface area contributed by atoms with E-state index in [-0.39, 0.29) is 23.6 Å². The van der Waals surface area contributed by atoms with Gasteiger partial charge in [0.15, 0.2) is 0 Å². The average molecular weight is 321 g/mol. The zero-order chi connectivity index (χ0) is 16.8. The van der Waals surface area contributed by atoms with Gasteiger partial charge < -0.3 is 14.6 Å². The first-order valence-corrected chi connectivity index (χ1v) is 8.49. The summed E-state index contributed by atoms with van der Waals surface area (Å²) in [5, 5.41) is 0. The molecular weight excluding hydrogens is 294 g/mol. The van der Waals surface area contributed by atoms with Gasteiger partial charge in [-0.1, -0.05) is 13.3 Å². The highest BCUT2D eigenvalue weighted by atomic mass is 16.5. The largest absolute Gasteiger partial charge is 0.377 e. The molecule has 1 aliphatic rings. The highest BCUT2D eigenvalue weighted by molar-refractivity contribution is 5.77. The van der Waals surface area contributed by atoms with Gasteiger partial charge in [-0.25, -0.2) is 4.98 Å². The van der Waals surface area contributed by atoms with Crippen LogP contribution in [0.1, 0.15) is 51.4 Å². The lowest BCUT2D eigenvalue weighted by atomic mass is 10.1. The summed E-state index contributed by atoms with van der Waals surface area (Å²) >= 11 is 0. The van der Waals surface area contributed by atoms with Crippen molar-refractivity contribution >= 4 is 5.91 Å². The highest BCUT2D eigenvalue weighted by Crippen LogP contribution is 2.15. The minimum absolute atomic E-state index is 0.0720. The molecule has 2 atom stereocenters. The third kappa shape index (κ3) is 4.64. The molecule has 1 N–H and O–H groups in total. The molecule has 1 aromatic rings. The number of morpholine rings is 1. The van der Waals surface area contributed by atoms with E-state index in [9.17, 15) is 9.59 Å². The summed E-state index contributed by atoms with van der Waals surface area (Å²) in [7, 11) is 0. The molecule has 2 rings (SSSR count). The first kappa shape index (κ1) is 17.7.